The van der Waals surface area contributed by atoms with Crippen molar-refractivity contribution in [2.24, 2.45) is 0 Å². The van der Waals surface area contributed by atoms with Gasteiger partial charge < -0.3 is 14.8 Å². The topological polar surface area (TPSA) is 67.9 Å². The fourth-order valence-electron chi connectivity index (χ4n) is 2.80. The number of aryl methyl sites for hydroxylation is 1. The Hall–Kier alpha value is -1.28. The second-order valence-electron chi connectivity index (χ2n) is 7.69. The number of nitrogens with one attached hydrogen (secondary N) is 1. The summed E-state index contributed by atoms with van der Waals surface area (Å²) in [6, 6.07) is 5.75. The Labute approximate surface area is 184 Å². The van der Waals surface area contributed by atoms with Crippen molar-refractivity contribution in [3.8, 4) is 0 Å². The molecular formula is C20H31BCl2N2O4. The first-order chi connectivity index (χ1) is 13.7. The van der Waals surface area contributed by atoms with Gasteiger partial charge in [-0.2, -0.15) is 0 Å². The van der Waals surface area contributed by atoms with Crippen molar-refractivity contribution in [3.05, 3.63) is 29.3 Å². The number of hydrogen-bond acceptors (Lipinski definition) is 6. The summed E-state index contributed by atoms with van der Waals surface area (Å²) in [6.45, 7) is 8.40. The molecule has 0 bridgehead atoms. The largest absolute Gasteiger partial charge is 0.460 e. The first-order valence-electron chi connectivity index (χ1n) is 9.71. The van der Waals surface area contributed by atoms with Gasteiger partial charge in [0.1, 0.15) is 5.60 Å². The zero-order valence-corrected chi connectivity index (χ0v) is 19.2. The summed E-state index contributed by atoms with van der Waals surface area (Å²) in [7, 11) is 0.170. The third-order valence-electron chi connectivity index (χ3n) is 4.02. The molecule has 6 nitrogen and oxygen atoms in total. The minimum Gasteiger partial charge on any atom is -0.460 e. The fraction of sp³-hybridized carbons (Fsp3) is 0.600. The van der Waals surface area contributed by atoms with Gasteiger partial charge in [0.15, 0.2) is 0 Å². The molecule has 0 spiro atoms. The lowest BCUT2D eigenvalue weighted by Gasteiger charge is -2.25. The number of carbonyl (C=O) groups is 2. The van der Waals surface area contributed by atoms with Crippen molar-refractivity contribution in [2.45, 2.75) is 52.2 Å². The molecule has 162 valence electrons. The van der Waals surface area contributed by atoms with E-state index in [4.69, 9.17) is 32.8 Å². The van der Waals surface area contributed by atoms with Crippen LogP contribution in [0, 0.1) is 6.92 Å². The summed E-state index contributed by atoms with van der Waals surface area (Å²) in [6.07, 6.45) is 1.52. The summed E-state index contributed by atoms with van der Waals surface area (Å²) in [5.74, 6) is 0.488. The van der Waals surface area contributed by atoms with Gasteiger partial charge in [-0.15, -0.1) is 23.2 Å². The molecule has 0 fully saturated rings. The highest BCUT2D eigenvalue weighted by atomic mass is 35.5. The van der Waals surface area contributed by atoms with Gasteiger partial charge in [-0.05, 0) is 57.4 Å². The molecule has 1 rings (SSSR count). The van der Waals surface area contributed by atoms with Crippen LogP contribution in [0.5, 0.6) is 0 Å². The zero-order valence-electron chi connectivity index (χ0n) is 17.7. The molecule has 1 aromatic carbocycles. The molecule has 0 amide bonds. The van der Waals surface area contributed by atoms with Crippen molar-refractivity contribution in [1.29, 1.82) is 0 Å². The molecule has 29 heavy (non-hydrogen) atoms. The first-order valence-corrected chi connectivity index (χ1v) is 10.8. The maximum Gasteiger partial charge on any atom is 0.307 e. The minimum atomic E-state index is -0.552. The van der Waals surface area contributed by atoms with E-state index in [1.54, 1.807) is 5.06 Å². The number of hydrogen-bond donors (Lipinski definition) is 1. The Morgan fingerprint density at radius 3 is 2.62 bits per heavy atom. The smallest absolute Gasteiger partial charge is 0.307 e. The number of benzene rings is 1. The molecule has 0 aliphatic rings. The average Bonchev–Trinajstić information content (AvgIpc) is 2.63. The highest BCUT2D eigenvalue weighted by molar-refractivity contribution is 6.64. The van der Waals surface area contributed by atoms with Crippen molar-refractivity contribution in [3.63, 3.8) is 0 Å². The summed E-state index contributed by atoms with van der Waals surface area (Å²) in [4.78, 5) is 28.8. The van der Waals surface area contributed by atoms with Crippen LogP contribution in [0.25, 0.3) is 0 Å². The quantitative estimate of drug-likeness (QED) is 0.166. The van der Waals surface area contributed by atoms with Gasteiger partial charge in [-0.25, -0.2) is 0 Å². The SMILES string of the molecule is Cc1ccc(N(CCCl)OCCCl)cc1C[C@H](CC(=O)OC(C)(C)C)NBC=O. The number of esters is 1. The van der Waals surface area contributed by atoms with Crippen LogP contribution >= 0.6 is 23.2 Å². The average molecular weight is 445 g/mol. The Morgan fingerprint density at radius 1 is 1.31 bits per heavy atom. The molecule has 9 heteroatoms. The number of ether oxygens (including phenoxy) is 1. The van der Waals surface area contributed by atoms with E-state index < -0.39 is 5.60 Å². The number of halogens is 2. The highest BCUT2D eigenvalue weighted by Crippen LogP contribution is 2.22. The van der Waals surface area contributed by atoms with E-state index >= 15 is 0 Å². The Kier molecular flexibility index (Phi) is 11.6. The van der Waals surface area contributed by atoms with E-state index in [1.165, 1.54) is 0 Å². The van der Waals surface area contributed by atoms with Crippen LogP contribution in [-0.4, -0.2) is 56.1 Å². The van der Waals surface area contributed by atoms with E-state index in [-0.39, 0.29) is 25.8 Å². The predicted molar refractivity (Wildman–Crippen MR) is 121 cm³/mol. The van der Waals surface area contributed by atoms with Gasteiger partial charge in [0.05, 0.1) is 31.4 Å². The summed E-state index contributed by atoms with van der Waals surface area (Å²) < 4.78 is 5.43. The number of hydroxylamine groups is 1. The molecule has 1 aromatic rings. The summed E-state index contributed by atoms with van der Waals surface area (Å²) >= 11 is 11.6. The molecular weight excluding hydrogens is 414 g/mol. The third kappa shape index (κ3) is 10.4. The normalized spacial score (nSPS) is 12.3. The lowest BCUT2D eigenvalue weighted by atomic mass is 9.91. The van der Waals surface area contributed by atoms with Crippen LogP contribution in [0.1, 0.15) is 38.3 Å². The molecule has 0 unspecified atom stereocenters. The van der Waals surface area contributed by atoms with Crippen LogP contribution in [0.3, 0.4) is 0 Å². The zero-order chi connectivity index (χ0) is 21.9. The minimum absolute atomic E-state index is 0.170. The second kappa shape index (κ2) is 13.1. The molecule has 0 saturated heterocycles. The van der Waals surface area contributed by atoms with Crippen LogP contribution in [0.15, 0.2) is 18.2 Å². The number of alkyl halides is 2. The number of anilines is 1. The number of carbonyl (C=O) groups excluding carboxylic acids is 2. The molecule has 0 aliphatic heterocycles. The molecule has 0 aromatic heterocycles. The summed E-state index contributed by atoms with van der Waals surface area (Å²) in [5, 5.41) is 4.84. The predicted octanol–water partition coefficient (Wildman–Crippen LogP) is 2.98. The van der Waals surface area contributed by atoms with Crippen LogP contribution in [0.2, 0.25) is 0 Å². The van der Waals surface area contributed by atoms with Gasteiger partial charge in [0.25, 0.3) is 7.41 Å². The van der Waals surface area contributed by atoms with E-state index in [0.29, 0.717) is 31.3 Å². The maximum atomic E-state index is 12.3. The van der Waals surface area contributed by atoms with Gasteiger partial charge in [-0.1, -0.05) is 6.07 Å². The Bertz CT molecular complexity index is 656. The number of rotatable bonds is 13. The Morgan fingerprint density at radius 2 is 2.03 bits per heavy atom. The lowest BCUT2D eigenvalue weighted by Crippen LogP contribution is -2.38. The highest BCUT2D eigenvalue weighted by Gasteiger charge is 2.21. The maximum absolute atomic E-state index is 12.3. The van der Waals surface area contributed by atoms with Crippen molar-refractivity contribution < 1.29 is 19.2 Å². The standard InChI is InChI=1S/C20H31BCl2N2O4/c1-15-5-6-18(25(9-7-22)28-10-8-23)12-16(15)11-17(24-21-14-26)13-19(27)29-20(2,3)4/h5-6,12,14,17,21,24H,7-11,13H2,1-4H3/t17-/m1/s1. The van der Waals surface area contributed by atoms with Crippen molar-refractivity contribution >= 4 is 48.5 Å². The third-order valence-corrected chi connectivity index (χ3v) is 4.35. The first kappa shape index (κ1) is 25.8. The Balaban J connectivity index is 2.98. The molecule has 1 N–H and O–H groups in total. The second-order valence-corrected chi connectivity index (χ2v) is 8.45. The molecule has 0 saturated carbocycles. The lowest BCUT2D eigenvalue weighted by molar-refractivity contribution is -0.155. The summed E-state index contributed by atoms with van der Waals surface area (Å²) in [5.41, 5.74) is 2.44. The van der Waals surface area contributed by atoms with E-state index in [1.807, 2.05) is 45.9 Å². The van der Waals surface area contributed by atoms with Gasteiger partial charge in [0, 0.05) is 17.8 Å². The monoisotopic (exact) mass is 444 g/mol. The van der Waals surface area contributed by atoms with Crippen LogP contribution < -0.4 is 10.3 Å². The molecule has 0 radical (unpaired) electrons. The van der Waals surface area contributed by atoms with E-state index in [9.17, 15) is 9.59 Å². The molecule has 0 aliphatic carbocycles. The number of nitrogens with zero attached hydrogens (tertiary/aromatic N) is 1. The van der Waals surface area contributed by atoms with Crippen LogP contribution in [0.4, 0.5) is 5.69 Å². The van der Waals surface area contributed by atoms with E-state index in [0.717, 1.165) is 23.0 Å². The van der Waals surface area contributed by atoms with Crippen molar-refractivity contribution in [2.75, 3.05) is 30.0 Å². The van der Waals surface area contributed by atoms with Crippen molar-refractivity contribution in [1.82, 2.24) is 5.23 Å². The van der Waals surface area contributed by atoms with Gasteiger partial charge >= 0.3 is 5.97 Å². The van der Waals surface area contributed by atoms with E-state index in [2.05, 4.69) is 5.23 Å². The van der Waals surface area contributed by atoms with Gasteiger partial charge in [-0.3, -0.25) is 14.7 Å². The molecule has 1 atom stereocenters. The van der Waals surface area contributed by atoms with Crippen LogP contribution in [-0.2, 0) is 25.6 Å². The molecule has 0 heterocycles. The fourth-order valence-corrected chi connectivity index (χ4v) is 3.03. The van der Waals surface area contributed by atoms with Gasteiger partial charge in [0.2, 0.25) is 0 Å².